The van der Waals surface area contributed by atoms with Gasteiger partial charge in [-0.2, -0.15) is 0 Å². The molecule has 1 amide bonds. The van der Waals surface area contributed by atoms with Gasteiger partial charge in [0.1, 0.15) is 5.56 Å². The zero-order valence-electron chi connectivity index (χ0n) is 17.8. The first-order chi connectivity index (χ1) is 15.1. The number of pyridine rings is 1. The number of para-hydroxylation sites is 1. The molecule has 0 N–H and O–H groups in total. The van der Waals surface area contributed by atoms with Gasteiger partial charge < -0.3 is 9.47 Å². The molecule has 1 aromatic heterocycles. The minimum atomic E-state index is -0.139. The van der Waals surface area contributed by atoms with E-state index in [2.05, 4.69) is 46.7 Å². The summed E-state index contributed by atoms with van der Waals surface area (Å²) in [6, 6.07) is 16.4. The number of aromatic nitrogens is 1. The minimum absolute atomic E-state index is 0.138. The second kappa shape index (κ2) is 8.16. The number of hydrogen-bond acceptors (Lipinski definition) is 3. The molecule has 0 aliphatic carbocycles. The summed E-state index contributed by atoms with van der Waals surface area (Å²) >= 11 is 0. The van der Waals surface area contributed by atoms with Gasteiger partial charge in [0.2, 0.25) is 5.43 Å². The molecule has 5 rings (SSSR count). The predicted molar refractivity (Wildman–Crippen MR) is 124 cm³/mol. The first-order valence-electron chi connectivity index (χ1n) is 11.0. The van der Waals surface area contributed by atoms with Crippen LogP contribution in [0.5, 0.6) is 0 Å². The molecule has 158 valence electrons. The SMILES string of the molecule is CC1Cc2cccc3c(=O)c(C(=O)N4CCN(C/C=C/c5ccccc5)CC4)cn1c23. The molecular weight excluding hydrogens is 386 g/mol. The third-order valence-electron chi connectivity index (χ3n) is 6.49. The predicted octanol–water partition coefficient (Wildman–Crippen LogP) is 3.59. The zero-order valence-corrected chi connectivity index (χ0v) is 17.8. The van der Waals surface area contributed by atoms with Crippen molar-refractivity contribution in [1.82, 2.24) is 14.4 Å². The maximum absolute atomic E-state index is 13.2. The summed E-state index contributed by atoms with van der Waals surface area (Å²) in [6.45, 7) is 5.91. The van der Waals surface area contributed by atoms with Gasteiger partial charge in [-0.05, 0) is 30.5 Å². The Morgan fingerprint density at radius 2 is 1.81 bits per heavy atom. The van der Waals surface area contributed by atoms with Crippen molar-refractivity contribution in [2.45, 2.75) is 19.4 Å². The van der Waals surface area contributed by atoms with Gasteiger partial charge in [-0.15, -0.1) is 0 Å². The number of benzene rings is 2. The Hall–Kier alpha value is -3.18. The lowest BCUT2D eigenvalue weighted by Crippen LogP contribution is -2.49. The number of piperazine rings is 1. The van der Waals surface area contributed by atoms with Gasteiger partial charge in [0, 0.05) is 50.3 Å². The van der Waals surface area contributed by atoms with Crippen LogP contribution in [0, 0.1) is 0 Å². The summed E-state index contributed by atoms with van der Waals surface area (Å²) in [5.74, 6) is -0.139. The number of rotatable bonds is 4. The molecule has 3 heterocycles. The summed E-state index contributed by atoms with van der Waals surface area (Å²) in [4.78, 5) is 30.5. The normalized spacial score (nSPS) is 18.9. The molecule has 1 atom stereocenters. The van der Waals surface area contributed by atoms with Gasteiger partial charge in [-0.1, -0.05) is 54.6 Å². The maximum atomic E-state index is 13.2. The van der Waals surface area contributed by atoms with Gasteiger partial charge in [0.05, 0.1) is 5.52 Å². The third kappa shape index (κ3) is 3.70. The van der Waals surface area contributed by atoms with E-state index in [1.807, 2.05) is 35.2 Å². The lowest BCUT2D eigenvalue weighted by molar-refractivity contribution is 0.0648. The highest BCUT2D eigenvalue weighted by Crippen LogP contribution is 2.31. The van der Waals surface area contributed by atoms with Crippen molar-refractivity contribution < 1.29 is 4.79 Å². The van der Waals surface area contributed by atoms with Crippen LogP contribution in [-0.4, -0.2) is 53.0 Å². The van der Waals surface area contributed by atoms with E-state index in [0.29, 0.717) is 24.0 Å². The molecule has 0 radical (unpaired) electrons. The fourth-order valence-corrected chi connectivity index (χ4v) is 4.77. The van der Waals surface area contributed by atoms with Crippen LogP contribution in [0.1, 0.15) is 34.5 Å². The average molecular weight is 414 g/mol. The molecule has 5 nitrogen and oxygen atoms in total. The van der Waals surface area contributed by atoms with Crippen molar-refractivity contribution >= 4 is 22.9 Å². The Labute approximate surface area is 182 Å². The van der Waals surface area contributed by atoms with Crippen LogP contribution < -0.4 is 5.43 Å². The number of carbonyl (C=O) groups is 1. The van der Waals surface area contributed by atoms with Crippen LogP contribution >= 0.6 is 0 Å². The van der Waals surface area contributed by atoms with Crippen LogP contribution in [0.25, 0.3) is 17.0 Å². The summed E-state index contributed by atoms with van der Waals surface area (Å²) in [7, 11) is 0. The van der Waals surface area contributed by atoms with Gasteiger partial charge in [-0.3, -0.25) is 14.5 Å². The van der Waals surface area contributed by atoms with Gasteiger partial charge in [-0.25, -0.2) is 0 Å². The fraction of sp³-hybridized carbons (Fsp3) is 0.308. The average Bonchev–Trinajstić information content (AvgIpc) is 3.13. The monoisotopic (exact) mass is 413 g/mol. The largest absolute Gasteiger partial charge is 0.343 e. The van der Waals surface area contributed by atoms with E-state index in [9.17, 15) is 9.59 Å². The Balaban J connectivity index is 1.28. The van der Waals surface area contributed by atoms with Crippen LogP contribution in [0.4, 0.5) is 0 Å². The summed E-state index contributed by atoms with van der Waals surface area (Å²) in [5.41, 5.74) is 3.54. The van der Waals surface area contributed by atoms with E-state index in [0.717, 1.165) is 31.6 Å². The molecule has 1 fully saturated rings. The Bertz CT molecular complexity index is 1200. The summed E-state index contributed by atoms with van der Waals surface area (Å²) < 4.78 is 2.12. The smallest absolute Gasteiger partial charge is 0.259 e. The topological polar surface area (TPSA) is 45.6 Å². The Morgan fingerprint density at radius 3 is 2.58 bits per heavy atom. The summed E-state index contributed by atoms with van der Waals surface area (Å²) in [6.07, 6.45) is 7.00. The lowest BCUT2D eigenvalue weighted by atomic mass is 10.1. The van der Waals surface area contributed by atoms with E-state index in [-0.39, 0.29) is 17.4 Å². The molecule has 0 bridgehead atoms. The van der Waals surface area contributed by atoms with Crippen molar-refractivity contribution in [3.05, 3.63) is 87.7 Å². The van der Waals surface area contributed by atoms with Gasteiger partial charge in [0.15, 0.2) is 0 Å². The number of amides is 1. The highest BCUT2D eigenvalue weighted by atomic mass is 16.2. The molecule has 0 spiro atoms. The number of nitrogens with zero attached hydrogens (tertiary/aromatic N) is 3. The van der Waals surface area contributed by atoms with Crippen LogP contribution in [-0.2, 0) is 6.42 Å². The fourth-order valence-electron chi connectivity index (χ4n) is 4.77. The van der Waals surface area contributed by atoms with Crippen molar-refractivity contribution in [3.8, 4) is 0 Å². The van der Waals surface area contributed by atoms with Crippen LogP contribution in [0.15, 0.2) is 65.6 Å². The first kappa shape index (κ1) is 19.8. The first-order valence-corrected chi connectivity index (χ1v) is 11.0. The van der Waals surface area contributed by atoms with E-state index in [1.165, 1.54) is 11.1 Å². The molecule has 2 aromatic carbocycles. The van der Waals surface area contributed by atoms with Gasteiger partial charge >= 0.3 is 0 Å². The molecule has 2 aliphatic heterocycles. The highest BCUT2D eigenvalue weighted by Gasteiger charge is 2.28. The Morgan fingerprint density at radius 1 is 1.03 bits per heavy atom. The molecular formula is C26H27N3O2. The molecule has 2 aliphatic rings. The van der Waals surface area contributed by atoms with E-state index in [1.54, 1.807) is 6.20 Å². The van der Waals surface area contributed by atoms with Crippen molar-refractivity contribution in [2.75, 3.05) is 32.7 Å². The van der Waals surface area contributed by atoms with Crippen molar-refractivity contribution in [3.63, 3.8) is 0 Å². The third-order valence-corrected chi connectivity index (χ3v) is 6.49. The minimum Gasteiger partial charge on any atom is -0.343 e. The van der Waals surface area contributed by atoms with Crippen LogP contribution in [0.3, 0.4) is 0 Å². The maximum Gasteiger partial charge on any atom is 0.259 e. The molecule has 3 aromatic rings. The van der Waals surface area contributed by atoms with Crippen molar-refractivity contribution in [1.29, 1.82) is 0 Å². The van der Waals surface area contributed by atoms with E-state index < -0.39 is 0 Å². The molecule has 0 saturated carbocycles. The molecule has 1 unspecified atom stereocenters. The second-order valence-corrected chi connectivity index (χ2v) is 8.55. The van der Waals surface area contributed by atoms with Gasteiger partial charge in [0.25, 0.3) is 5.91 Å². The lowest BCUT2D eigenvalue weighted by Gasteiger charge is -2.34. The summed E-state index contributed by atoms with van der Waals surface area (Å²) in [5, 5.41) is 0.664. The highest BCUT2D eigenvalue weighted by molar-refractivity contribution is 5.98. The second-order valence-electron chi connectivity index (χ2n) is 8.55. The number of hydrogen-bond donors (Lipinski definition) is 0. The van der Waals surface area contributed by atoms with E-state index >= 15 is 0 Å². The quantitative estimate of drug-likeness (QED) is 0.657. The molecule has 31 heavy (non-hydrogen) atoms. The van der Waals surface area contributed by atoms with E-state index in [4.69, 9.17) is 0 Å². The van der Waals surface area contributed by atoms with Crippen LogP contribution in [0.2, 0.25) is 0 Å². The molecule has 1 saturated heterocycles. The zero-order chi connectivity index (χ0) is 21.4. The Kier molecular flexibility index (Phi) is 5.20. The number of carbonyl (C=O) groups excluding carboxylic acids is 1. The van der Waals surface area contributed by atoms with Crippen molar-refractivity contribution in [2.24, 2.45) is 0 Å². The molecule has 5 heteroatoms. The standard InChI is InChI=1S/C26H27N3O2/c1-19-17-21-10-5-11-22-24(21)29(19)18-23(25(22)30)26(31)28-15-13-27(14-16-28)12-6-9-20-7-3-2-4-8-20/h2-11,18-19H,12-17H2,1H3/b9-6+.